The number of aliphatic hydroxyl groups is 1. The molecule has 0 aliphatic carbocycles. The van der Waals surface area contributed by atoms with Crippen molar-refractivity contribution < 1.29 is 28.6 Å². The average molecular weight is 444 g/mol. The molecule has 0 aliphatic heterocycles. The van der Waals surface area contributed by atoms with Gasteiger partial charge in [0.25, 0.3) is 17.6 Å². The van der Waals surface area contributed by atoms with Crippen LogP contribution in [0.3, 0.4) is 0 Å². The van der Waals surface area contributed by atoms with E-state index in [1.165, 1.54) is 29.9 Å². The molecule has 10 heteroatoms. The van der Waals surface area contributed by atoms with Gasteiger partial charge in [-0.1, -0.05) is 0 Å². The Morgan fingerprint density at radius 3 is 2.59 bits per heavy atom. The second-order valence-corrected chi connectivity index (χ2v) is 7.60. The molecule has 170 valence electrons. The molecule has 0 bridgehead atoms. The van der Waals surface area contributed by atoms with E-state index in [9.17, 15) is 23.9 Å². The van der Waals surface area contributed by atoms with Crippen LogP contribution in [0.1, 0.15) is 45.4 Å². The highest BCUT2D eigenvalue weighted by Gasteiger charge is 2.31. The van der Waals surface area contributed by atoms with Crippen molar-refractivity contribution in [2.45, 2.75) is 25.8 Å². The number of carbonyl (C=O) groups is 3. The number of nitrogens with one attached hydrogen (secondary N) is 2. The van der Waals surface area contributed by atoms with Gasteiger partial charge in [0.05, 0.1) is 17.7 Å². The Morgan fingerprint density at radius 2 is 2.00 bits per heavy atom. The lowest BCUT2D eigenvalue weighted by molar-refractivity contribution is -0.119. The largest absolute Gasteiger partial charge is 0.396 e. The number of aromatic nitrogens is 1. The summed E-state index contributed by atoms with van der Waals surface area (Å²) in [6.07, 6.45) is 0.184. The minimum atomic E-state index is -0.944. The van der Waals surface area contributed by atoms with E-state index in [4.69, 9.17) is 10.00 Å². The van der Waals surface area contributed by atoms with E-state index in [1.54, 1.807) is 27.0 Å². The monoisotopic (exact) mass is 444 g/mol. The molecule has 1 atom stereocenters. The van der Waals surface area contributed by atoms with Gasteiger partial charge >= 0.3 is 0 Å². The molecule has 0 saturated heterocycles. The maximum Gasteiger partial charge on any atom is 0.292 e. The summed E-state index contributed by atoms with van der Waals surface area (Å²) in [6, 6.07) is 6.55. The summed E-state index contributed by atoms with van der Waals surface area (Å²) >= 11 is 0. The predicted octanol–water partition coefficient (Wildman–Crippen LogP) is 1.68. The zero-order chi connectivity index (χ0) is 24.1. The minimum Gasteiger partial charge on any atom is -0.396 e. The van der Waals surface area contributed by atoms with Gasteiger partial charge in [0.1, 0.15) is 17.6 Å². The van der Waals surface area contributed by atoms with Crippen molar-refractivity contribution in [2.24, 2.45) is 7.05 Å². The number of ketones is 1. The number of aliphatic hydroxyl groups excluding tert-OH is 1. The van der Waals surface area contributed by atoms with Crippen LogP contribution in [-0.2, 0) is 16.6 Å². The van der Waals surface area contributed by atoms with Crippen molar-refractivity contribution >= 4 is 23.3 Å². The first-order chi connectivity index (χ1) is 15.1. The number of nitrogens with zero attached hydrogens (tertiary/aromatic N) is 2. The van der Waals surface area contributed by atoms with E-state index < -0.39 is 29.0 Å². The highest BCUT2D eigenvalue weighted by Crippen LogP contribution is 2.19. The van der Waals surface area contributed by atoms with Gasteiger partial charge in [-0.3, -0.25) is 14.4 Å². The Bertz CT molecular complexity index is 1080. The molecule has 1 aromatic heterocycles. The minimum absolute atomic E-state index is 0.0377. The van der Waals surface area contributed by atoms with E-state index in [-0.39, 0.29) is 42.1 Å². The van der Waals surface area contributed by atoms with E-state index in [0.717, 1.165) is 6.07 Å². The van der Waals surface area contributed by atoms with Crippen LogP contribution in [0, 0.1) is 24.1 Å². The van der Waals surface area contributed by atoms with E-state index in [2.05, 4.69) is 10.6 Å². The summed E-state index contributed by atoms with van der Waals surface area (Å²) in [4.78, 5) is 38.1. The third-order valence-electron chi connectivity index (χ3n) is 5.11. The maximum absolute atomic E-state index is 13.5. The Morgan fingerprint density at radius 1 is 1.31 bits per heavy atom. The molecule has 1 unspecified atom stereocenters. The second-order valence-electron chi connectivity index (χ2n) is 7.60. The number of rotatable bonds is 9. The molecular weight excluding hydrogens is 419 g/mol. The topological polar surface area (TPSA) is 133 Å². The molecule has 1 heterocycles. The normalized spacial score (nSPS) is 12.5. The van der Waals surface area contributed by atoms with E-state index in [0.29, 0.717) is 5.69 Å². The molecule has 0 saturated carbocycles. The Balaban J connectivity index is 2.26. The number of carbonyl (C=O) groups excluding carboxylic acids is 3. The lowest BCUT2D eigenvalue weighted by Crippen LogP contribution is -2.52. The second kappa shape index (κ2) is 10.2. The first-order valence-electron chi connectivity index (χ1n) is 9.71. The van der Waals surface area contributed by atoms with Gasteiger partial charge in [-0.2, -0.15) is 5.26 Å². The summed E-state index contributed by atoms with van der Waals surface area (Å²) in [5, 5.41) is 23.3. The first-order valence-corrected chi connectivity index (χ1v) is 9.71. The fourth-order valence-corrected chi connectivity index (χ4v) is 3.22. The number of nitriles is 1. The molecule has 32 heavy (non-hydrogen) atoms. The lowest BCUT2D eigenvalue weighted by atomic mass is 9.98. The van der Waals surface area contributed by atoms with Crippen LogP contribution in [-0.4, -0.2) is 53.1 Å². The number of hydrogen-bond acceptors (Lipinski definition) is 6. The zero-order valence-corrected chi connectivity index (χ0v) is 18.3. The smallest absolute Gasteiger partial charge is 0.292 e. The standard InChI is InChI=1S/C22H25FN4O5/c1-13-16(19(29)21(31)26-22(2,7-8-28)12-32-4)10-18(27(13)3)20(30)25-15-5-6-17(23)14(9-15)11-24/h5-6,9-10,28H,7-8,12H2,1-4H3,(H,25,30)(H,26,31). The highest BCUT2D eigenvalue weighted by molar-refractivity contribution is 6.43. The number of ether oxygens (including phenoxy) is 1. The molecule has 2 rings (SSSR count). The van der Waals surface area contributed by atoms with Crippen LogP contribution in [0.4, 0.5) is 10.1 Å². The van der Waals surface area contributed by atoms with Crippen LogP contribution < -0.4 is 10.6 Å². The van der Waals surface area contributed by atoms with Crippen molar-refractivity contribution in [1.82, 2.24) is 9.88 Å². The van der Waals surface area contributed by atoms with Crippen LogP contribution in [0.2, 0.25) is 0 Å². The maximum atomic E-state index is 13.5. The van der Waals surface area contributed by atoms with E-state index in [1.807, 2.05) is 0 Å². The van der Waals surface area contributed by atoms with Gasteiger partial charge in [0.2, 0.25) is 0 Å². The van der Waals surface area contributed by atoms with Crippen LogP contribution >= 0.6 is 0 Å². The van der Waals surface area contributed by atoms with E-state index >= 15 is 0 Å². The van der Waals surface area contributed by atoms with Crippen LogP contribution in [0.15, 0.2) is 24.3 Å². The quantitative estimate of drug-likeness (QED) is 0.398. The Labute approximate surface area is 184 Å². The summed E-state index contributed by atoms with van der Waals surface area (Å²) in [5.74, 6) is -3.04. The first kappa shape index (κ1) is 24.7. The van der Waals surface area contributed by atoms with Crippen LogP contribution in [0.5, 0.6) is 0 Å². The third kappa shape index (κ3) is 5.38. The zero-order valence-electron chi connectivity index (χ0n) is 18.3. The molecule has 2 aromatic rings. The molecule has 0 aliphatic rings. The third-order valence-corrected chi connectivity index (χ3v) is 5.11. The van der Waals surface area contributed by atoms with Crippen molar-refractivity contribution in [3.63, 3.8) is 0 Å². The summed E-state index contributed by atoms with van der Waals surface area (Å²) in [6.45, 7) is 3.12. The molecular formula is C22H25FN4O5. The summed E-state index contributed by atoms with van der Waals surface area (Å²) in [5.41, 5.74) is -0.438. The number of Topliss-reactive ketones (excluding diaryl/α,β-unsaturated/α-hetero) is 1. The summed E-state index contributed by atoms with van der Waals surface area (Å²) in [7, 11) is 3.00. The van der Waals surface area contributed by atoms with Crippen molar-refractivity contribution in [3.05, 3.63) is 52.6 Å². The molecule has 0 radical (unpaired) electrons. The number of methoxy groups -OCH3 is 1. The number of amides is 2. The number of benzene rings is 1. The van der Waals surface area contributed by atoms with Gasteiger partial charge in [-0.25, -0.2) is 4.39 Å². The molecule has 3 N–H and O–H groups in total. The van der Waals surface area contributed by atoms with Gasteiger partial charge in [0.15, 0.2) is 0 Å². The number of hydrogen-bond donors (Lipinski definition) is 3. The van der Waals surface area contributed by atoms with Gasteiger partial charge < -0.3 is 25.0 Å². The fourth-order valence-electron chi connectivity index (χ4n) is 3.22. The Kier molecular flexibility index (Phi) is 7.86. The summed E-state index contributed by atoms with van der Waals surface area (Å²) < 4.78 is 20.0. The molecule has 1 aromatic carbocycles. The predicted molar refractivity (Wildman–Crippen MR) is 114 cm³/mol. The van der Waals surface area contributed by atoms with Crippen molar-refractivity contribution in [1.29, 1.82) is 5.26 Å². The van der Waals surface area contributed by atoms with Gasteiger partial charge in [-0.05, 0) is 44.5 Å². The number of anilines is 1. The average Bonchev–Trinajstić information content (AvgIpc) is 3.03. The van der Waals surface area contributed by atoms with Gasteiger partial charge in [-0.15, -0.1) is 0 Å². The molecule has 0 fully saturated rings. The Hall–Kier alpha value is -3.55. The fraction of sp³-hybridized carbons (Fsp3) is 0.364. The molecule has 2 amide bonds. The van der Waals surface area contributed by atoms with Crippen molar-refractivity contribution in [3.8, 4) is 6.07 Å². The number of halogens is 1. The van der Waals surface area contributed by atoms with Crippen molar-refractivity contribution in [2.75, 3.05) is 25.6 Å². The SMILES string of the molecule is COCC(C)(CCO)NC(=O)C(=O)c1cc(C(=O)Nc2ccc(F)c(C#N)c2)n(C)c1C. The molecule has 9 nitrogen and oxygen atoms in total. The lowest BCUT2D eigenvalue weighted by Gasteiger charge is -2.29. The highest BCUT2D eigenvalue weighted by atomic mass is 19.1. The van der Waals surface area contributed by atoms with Gasteiger partial charge in [0, 0.05) is 37.7 Å². The van der Waals surface area contributed by atoms with Crippen LogP contribution in [0.25, 0.3) is 0 Å². The molecule has 0 spiro atoms.